The molecule has 5 rings (SSSR count). The number of amides is 1. The lowest BCUT2D eigenvalue weighted by atomic mass is 10.0. The summed E-state index contributed by atoms with van der Waals surface area (Å²) in [5.41, 5.74) is 1.39. The molecule has 2 aliphatic rings. The van der Waals surface area contributed by atoms with E-state index in [-0.39, 0.29) is 18.0 Å². The molecule has 1 saturated heterocycles. The summed E-state index contributed by atoms with van der Waals surface area (Å²) in [5.74, 6) is 1.75. The summed E-state index contributed by atoms with van der Waals surface area (Å²) in [5, 5.41) is 3.79. The summed E-state index contributed by atoms with van der Waals surface area (Å²) < 4.78 is 0. The maximum absolute atomic E-state index is 13.5. The predicted octanol–water partition coefficient (Wildman–Crippen LogP) is 3.30. The molecule has 8 heteroatoms. The lowest BCUT2D eigenvalue weighted by Crippen LogP contribution is -2.47. The fraction of sp³-hybridized carbons (Fsp3) is 0.286. The van der Waals surface area contributed by atoms with Gasteiger partial charge >= 0.3 is 0 Å². The summed E-state index contributed by atoms with van der Waals surface area (Å²) in [6.45, 7) is 0.776. The Morgan fingerprint density at radius 3 is 2.62 bits per heavy atom. The molecule has 1 saturated carbocycles. The van der Waals surface area contributed by atoms with Gasteiger partial charge in [-0.2, -0.15) is 0 Å². The molecule has 3 heterocycles. The highest BCUT2D eigenvalue weighted by Gasteiger charge is 2.47. The number of fused-ring (bicyclic) bond motifs is 2. The molecule has 0 radical (unpaired) electrons. The lowest BCUT2D eigenvalue weighted by molar-refractivity contribution is 0.0693. The maximum atomic E-state index is 13.5. The smallest absolute Gasteiger partial charge is 0.254 e. The molecule has 1 aliphatic heterocycles. The number of hydrogen-bond donors (Lipinski definition) is 1. The normalized spacial score (nSPS) is 22.7. The predicted molar refractivity (Wildman–Crippen MR) is 109 cm³/mol. The second-order valence-corrected chi connectivity index (χ2v) is 7.84. The second-order valence-electron chi connectivity index (χ2n) is 7.46. The van der Waals surface area contributed by atoms with E-state index in [0.717, 1.165) is 24.9 Å². The lowest BCUT2D eigenvalue weighted by Gasteiger charge is -2.34. The maximum Gasteiger partial charge on any atom is 0.254 e. The Hall–Kier alpha value is -3.06. The number of anilines is 1. The summed E-state index contributed by atoms with van der Waals surface area (Å²) in [6, 6.07) is 9.57. The quantitative estimate of drug-likeness (QED) is 0.715. The molecular weight excluding hydrogens is 388 g/mol. The van der Waals surface area contributed by atoms with Crippen LogP contribution in [0.4, 0.5) is 5.82 Å². The molecule has 2 bridgehead atoms. The third kappa shape index (κ3) is 3.42. The zero-order valence-electron chi connectivity index (χ0n) is 15.6. The summed E-state index contributed by atoms with van der Waals surface area (Å²) >= 11 is 5.82. The number of nitrogens with one attached hydrogen (secondary N) is 1. The minimum absolute atomic E-state index is 0.0224. The third-order valence-electron chi connectivity index (χ3n) is 5.66. The number of hydrogen-bond acceptors (Lipinski definition) is 6. The van der Waals surface area contributed by atoms with Gasteiger partial charge in [-0.1, -0.05) is 29.8 Å². The van der Waals surface area contributed by atoms with Gasteiger partial charge in [-0.05, 0) is 30.9 Å². The Labute approximate surface area is 173 Å². The Morgan fingerprint density at radius 2 is 1.86 bits per heavy atom. The van der Waals surface area contributed by atoms with Gasteiger partial charge in [0.1, 0.15) is 11.0 Å². The largest absolute Gasteiger partial charge is 0.364 e. The van der Waals surface area contributed by atoms with Crippen LogP contribution in [0.3, 0.4) is 0 Å². The van der Waals surface area contributed by atoms with E-state index in [1.807, 2.05) is 29.2 Å². The van der Waals surface area contributed by atoms with Crippen molar-refractivity contribution in [1.82, 2.24) is 24.8 Å². The first-order chi connectivity index (χ1) is 14.2. The van der Waals surface area contributed by atoms with Crippen molar-refractivity contribution in [2.24, 2.45) is 5.92 Å². The molecule has 29 heavy (non-hydrogen) atoms. The zero-order valence-corrected chi connectivity index (χ0v) is 16.3. The number of nitrogens with zero attached hydrogens (tertiary/aromatic N) is 5. The van der Waals surface area contributed by atoms with Crippen LogP contribution in [0.2, 0.25) is 5.15 Å². The van der Waals surface area contributed by atoms with Gasteiger partial charge in [0.2, 0.25) is 0 Å². The van der Waals surface area contributed by atoms with Crippen molar-refractivity contribution in [3.63, 3.8) is 0 Å². The topological polar surface area (TPSA) is 83.9 Å². The molecule has 1 aliphatic carbocycles. The van der Waals surface area contributed by atoms with Crippen LogP contribution in [-0.2, 0) is 0 Å². The first-order valence-corrected chi connectivity index (χ1v) is 9.98. The van der Waals surface area contributed by atoms with Crippen molar-refractivity contribution in [3.05, 3.63) is 65.8 Å². The van der Waals surface area contributed by atoms with E-state index in [2.05, 4.69) is 25.3 Å². The molecular formula is C21H19ClN6O. The highest BCUT2D eigenvalue weighted by molar-refractivity contribution is 6.29. The van der Waals surface area contributed by atoms with Crippen molar-refractivity contribution >= 4 is 23.3 Å². The molecule has 2 aromatic heterocycles. The van der Waals surface area contributed by atoms with Crippen LogP contribution in [0, 0.1) is 5.92 Å². The number of carbonyl (C=O) groups is 1. The Balaban J connectivity index is 1.39. The Bertz CT molecular complexity index is 1030. The highest BCUT2D eigenvalue weighted by Crippen LogP contribution is 2.40. The van der Waals surface area contributed by atoms with Crippen LogP contribution in [0.15, 0.2) is 55.1 Å². The van der Waals surface area contributed by atoms with E-state index in [0.29, 0.717) is 28.3 Å². The van der Waals surface area contributed by atoms with Crippen molar-refractivity contribution in [1.29, 1.82) is 0 Å². The molecule has 146 valence electrons. The number of piperidine rings is 1. The minimum Gasteiger partial charge on any atom is -0.364 e. The van der Waals surface area contributed by atoms with Crippen LogP contribution >= 0.6 is 11.6 Å². The van der Waals surface area contributed by atoms with E-state index in [4.69, 9.17) is 11.6 Å². The number of aromatic nitrogens is 4. The van der Waals surface area contributed by atoms with Crippen LogP contribution < -0.4 is 5.32 Å². The minimum atomic E-state index is 0.0224. The van der Waals surface area contributed by atoms with Gasteiger partial charge < -0.3 is 10.2 Å². The molecule has 0 spiro atoms. The average Bonchev–Trinajstić information content (AvgIpc) is 3.36. The fourth-order valence-corrected chi connectivity index (χ4v) is 4.55. The van der Waals surface area contributed by atoms with Gasteiger partial charge in [-0.25, -0.2) is 19.9 Å². The fourth-order valence-electron chi connectivity index (χ4n) is 4.45. The van der Waals surface area contributed by atoms with Gasteiger partial charge in [0.15, 0.2) is 5.82 Å². The van der Waals surface area contributed by atoms with Crippen LogP contribution in [-0.4, -0.2) is 49.4 Å². The Kier molecular flexibility index (Phi) is 4.60. The van der Waals surface area contributed by atoms with E-state index in [1.165, 1.54) is 6.20 Å². The van der Waals surface area contributed by atoms with E-state index >= 15 is 0 Å². The highest BCUT2D eigenvalue weighted by atomic mass is 35.5. The molecule has 0 unspecified atom stereocenters. The summed E-state index contributed by atoms with van der Waals surface area (Å²) in [6.07, 6.45) is 8.54. The van der Waals surface area contributed by atoms with Crippen LogP contribution in [0.25, 0.3) is 11.4 Å². The first-order valence-electron chi connectivity index (χ1n) is 9.60. The van der Waals surface area contributed by atoms with Gasteiger partial charge in [0.05, 0.1) is 24.0 Å². The van der Waals surface area contributed by atoms with Crippen LogP contribution in [0.5, 0.6) is 0 Å². The van der Waals surface area contributed by atoms with Crippen molar-refractivity contribution < 1.29 is 4.79 Å². The summed E-state index contributed by atoms with van der Waals surface area (Å²) in [4.78, 5) is 32.5. The number of rotatable bonds is 4. The molecule has 1 aromatic carbocycles. The zero-order chi connectivity index (χ0) is 19.8. The van der Waals surface area contributed by atoms with Crippen molar-refractivity contribution in [2.75, 3.05) is 11.9 Å². The second kappa shape index (κ2) is 7.40. The monoisotopic (exact) mass is 406 g/mol. The number of benzene rings is 1. The SMILES string of the molecule is O=C(c1ccccc1-c1ncccn1)N1C[C@H]2C[C@@H](Nc3cnc(Cl)cn3)[C@@H]1C2. The van der Waals surface area contributed by atoms with Crippen LogP contribution in [0.1, 0.15) is 23.2 Å². The summed E-state index contributed by atoms with van der Waals surface area (Å²) in [7, 11) is 0. The van der Waals surface area contributed by atoms with Gasteiger partial charge in [-0.15, -0.1) is 0 Å². The first kappa shape index (κ1) is 18.0. The Morgan fingerprint density at radius 1 is 1.03 bits per heavy atom. The molecule has 3 aromatic rings. The van der Waals surface area contributed by atoms with Crippen molar-refractivity contribution in [3.8, 4) is 11.4 Å². The standard InChI is InChI=1S/C21H19ClN6O/c22-18-10-26-19(11-25-18)27-16-8-13-9-17(16)28(12-13)21(29)15-5-2-1-4-14(15)20-23-6-3-7-24-20/h1-7,10-11,13,16-17H,8-9,12H2,(H,26,27)/t13-,16+,17-/m0/s1. The molecule has 7 nitrogen and oxygen atoms in total. The third-order valence-corrected chi connectivity index (χ3v) is 5.86. The van der Waals surface area contributed by atoms with E-state index in [9.17, 15) is 4.79 Å². The average molecular weight is 407 g/mol. The van der Waals surface area contributed by atoms with E-state index < -0.39 is 0 Å². The number of likely N-dealkylation sites (tertiary alicyclic amines) is 1. The molecule has 2 fully saturated rings. The van der Waals surface area contributed by atoms with Gasteiger partial charge in [0.25, 0.3) is 5.91 Å². The molecule has 3 atom stereocenters. The molecule has 1 amide bonds. The van der Waals surface area contributed by atoms with E-state index in [1.54, 1.807) is 24.7 Å². The van der Waals surface area contributed by atoms with Gasteiger partial charge in [-0.3, -0.25) is 4.79 Å². The number of carbonyl (C=O) groups excluding carboxylic acids is 1. The molecule has 1 N–H and O–H groups in total. The number of halogens is 1. The van der Waals surface area contributed by atoms with Gasteiger partial charge in [0, 0.05) is 30.5 Å². The van der Waals surface area contributed by atoms with Crippen molar-refractivity contribution in [2.45, 2.75) is 24.9 Å².